The van der Waals surface area contributed by atoms with Crippen molar-refractivity contribution in [1.29, 1.82) is 5.26 Å². The van der Waals surface area contributed by atoms with Crippen molar-refractivity contribution in [2.75, 3.05) is 5.43 Å². The van der Waals surface area contributed by atoms with Gasteiger partial charge in [0, 0.05) is 5.56 Å². The van der Waals surface area contributed by atoms with Crippen LogP contribution in [0.5, 0.6) is 0 Å². The molecule has 0 saturated carbocycles. The second-order valence-corrected chi connectivity index (χ2v) is 2.29. The molecular formula is C8H9N3O. The maximum atomic E-state index is 8.83. The fraction of sp³-hybridized carbons (Fsp3) is 0.125. The molecule has 0 spiro atoms. The number of nitrogens with zero attached hydrogens (tertiary/aromatic N) is 1. The topological polar surface area (TPSA) is 82.1 Å². The minimum atomic E-state index is -0.0920. The number of nitrogens with two attached hydrogens (primary N) is 1. The maximum Gasteiger partial charge on any atom is 0.0992 e. The molecule has 0 heterocycles. The van der Waals surface area contributed by atoms with Crippen LogP contribution in [0, 0.1) is 11.3 Å². The first-order valence-corrected chi connectivity index (χ1v) is 3.42. The minimum absolute atomic E-state index is 0.0920. The molecule has 1 aromatic rings. The van der Waals surface area contributed by atoms with E-state index in [-0.39, 0.29) is 6.61 Å². The van der Waals surface area contributed by atoms with E-state index in [4.69, 9.17) is 16.2 Å². The molecule has 0 amide bonds. The lowest BCUT2D eigenvalue weighted by atomic mass is 10.1. The van der Waals surface area contributed by atoms with Crippen LogP contribution in [0.2, 0.25) is 0 Å². The van der Waals surface area contributed by atoms with Crippen LogP contribution in [0.3, 0.4) is 0 Å². The molecule has 12 heavy (non-hydrogen) atoms. The van der Waals surface area contributed by atoms with Gasteiger partial charge in [-0.25, -0.2) is 0 Å². The average Bonchev–Trinajstić information content (AvgIpc) is 2.16. The van der Waals surface area contributed by atoms with Gasteiger partial charge in [0.2, 0.25) is 0 Å². The molecule has 0 saturated heterocycles. The van der Waals surface area contributed by atoms with Crippen molar-refractivity contribution >= 4 is 5.69 Å². The summed E-state index contributed by atoms with van der Waals surface area (Å²) in [7, 11) is 0. The molecule has 0 bridgehead atoms. The Bertz CT molecular complexity index is 317. The number of rotatable bonds is 2. The summed E-state index contributed by atoms with van der Waals surface area (Å²) in [5.41, 5.74) is 4.18. The van der Waals surface area contributed by atoms with Gasteiger partial charge in [-0.1, -0.05) is 6.07 Å². The Morgan fingerprint density at radius 2 is 2.33 bits per heavy atom. The van der Waals surface area contributed by atoms with Gasteiger partial charge in [-0.05, 0) is 12.1 Å². The first kappa shape index (κ1) is 8.53. The monoisotopic (exact) mass is 163 g/mol. The molecule has 1 rings (SSSR count). The first-order valence-electron chi connectivity index (χ1n) is 3.42. The Morgan fingerprint density at radius 3 is 2.83 bits per heavy atom. The van der Waals surface area contributed by atoms with E-state index < -0.39 is 0 Å². The van der Waals surface area contributed by atoms with Gasteiger partial charge >= 0.3 is 0 Å². The van der Waals surface area contributed by atoms with Crippen molar-refractivity contribution in [2.45, 2.75) is 6.61 Å². The van der Waals surface area contributed by atoms with Crippen LogP contribution in [0.1, 0.15) is 11.1 Å². The van der Waals surface area contributed by atoms with Gasteiger partial charge < -0.3 is 10.5 Å². The molecule has 0 aliphatic rings. The lowest BCUT2D eigenvalue weighted by molar-refractivity contribution is 0.282. The summed E-state index contributed by atoms with van der Waals surface area (Å²) in [6.07, 6.45) is 0. The van der Waals surface area contributed by atoms with Gasteiger partial charge in [-0.2, -0.15) is 5.26 Å². The summed E-state index contributed by atoms with van der Waals surface area (Å²) in [4.78, 5) is 0. The predicted molar refractivity (Wildman–Crippen MR) is 44.9 cm³/mol. The smallest absolute Gasteiger partial charge is 0.0992 e. The quantitative estimate of drug-likeness (QED) is 0.433. The minimum Gasteiger partial charge on any atom is -0.392 e. The third-order valence-corrected chi connectivity index (χ3v) is 1.56. The zero-order valence-electron chi connectivity index (χ0n) is 6.41. The molecule has 4 heteroatoms. The van der Waals surface area contributed by atoms with Crippen molar-refractivity contribution < 1.29 is 5.11 Å². The van der Waals surface area contributed by atoms with E-state index >= 15 is 0 Å². The molecule has 1 aromatic carbocycles. The van der Waals surface area contributed by atoms with Gasteiger partial charge in [0.25, 0.3) is 0 Å². The number of hydrogen-bond donors (Lipinski definition) is 3. The predicted octanol–water partition coefficient (Wildman–Crippen LogP) is 0.336. The van der Waals surface area contributed by atoms with Crippen molar-refractivity contribution in [3.05, 3.63) is 29.3 Å². The Hall–Kier alpha value is -1.57. The molecule has 0 atom stereocenters. The van der Waals surface area contributed by atoms with Crippen molar-refractivity contribution in [2.24, 2.45) is 5.84 Å². The van der Waals surface area contributed by atoms with E-state index in [1.807, 2.05) is 6.07 Å². The maximum absolute atomic E-state index is 8.83. The molecule has 0 aliphatic heterocycles. The van der Waals surface area contributed by atoms with Crippen LogP contribution in [-0.4, -0.2) is 5.11 Å². The fourth-order valence-electron chi connectivity index (χ4n) is 0.918. The van der Waals surface area contributed by atoms with Gasteiger partial charge in [0.15, 0.2) is 0 Å². The number of nitriles is 1. The highest BCUT2D eigenvalue weighted by Crippen LogP contribution is 2.15. The second-order valence-electron chi connectivity index (χ2n) is 2.29. The highest BCUT2D eigenvalue weighted by Gasteiger charge is 2.00. The van der Waals surface area contributed by atoms with Gasteiger partial charge in [0.1, 0.15) is 0 Å². The second kappa shape index (κ2) is 3.72. The zero-order valence-corrected chi connectivity index (χ0v) is 6.41. The Kier molecular flexibility index (Phi) is 2.64. The molecule has 0 aliphatic carbocycles. The molecule has 4 N–H and O–H groups in total. The summed E-state index contributed by atoms with van der Waals surface area (Å²) >= 11 is 0. The number of aliphatic hydroxyl groups is 1. The lowest BCUT2D eigenvalue weighted by Gasteiger charge is -2.05. The summed E-state index contributed by atoms with van der Waals surface area (Å²) < 4.78 is 0. The van der Waals surface area contributed by atoms with E-state index in [1.54, 1.807) is 18.2 Å². The number of aliphatic hydroxyl groups excluding tert-OH is 1. The van der Waals surface area contributed by atoms with E-state index in [2.05, 4.69) is 5.43 Å². The highest BCUT2D eigenvalue weighted by molar-refractivity contribution is 5.54. The van der Waals surface area contributed by atoms with Crippen LogP contribution in [0.4, 0.5) is 5.69 Å². The molecule has 0 radical (unpaired) electrons. The van der Waals surface area contributed by atoms with Gasteiger partial charge in [0.05, 0.1) is 23.9 Å². The molecule has 0 unspecified atom stereocenters. The normalized spacial score (nSPS) is 9.08. The van der Waals surface area contributed by atoms with Crippen molar-refractivity contribution in [3.63, 3.8) is 0 Å². The average molecular weight is 163 g/mol. The number of anilines is 1. The number of hydrogen-bond acceptors (Lipinski definition) is 4. The molecule has 62 valence electrons. The summed E-state index contributed by atoms with van der Waals surface area (Å²) in [5.74, 6) is 5.18. The third kappa shape index (κ3) is 1.53. The number of benzene rings is 1. The largest absolute Gasteiger partial charge is 0.392 e. The van der Waals surface area contributed by atoms with Crippen LogP contribution < -0.4 is 11.3 Å². The summed E-state index contributed by atoms with van der Waals surface area (Å²) in [6.45, 7) is -0.0920. The van der Waals surface area contributed by atoms with Crippen LogP contribution >= 0.6 is 0 Å². The lowest BCUT2D eigenvalue weighted by Crippen LogP contribution is -2.09. The SMILES string of the molecule is N#Cc1ccc(CO)c(NN)c1. The van der Waals surface area contributed by atoms with Gasteiger partial charge in [-0.3, -0.25) is 5.84 Å². The van der Waals surface area contributed by atoms with E-state index in [1.165, 1.54) is 0 Å². The summed E-state index contributed by atoms with van der Waals surface area (Å²) in [6, 6.07) is 6.86. The zero-order chi connectivity index (χ0) is 8.97. The number of hydrazine groups is 1. The number of nitrogen functional groups attached to an aromatic ring is 1. The van der Waals surface area contributed by atoms with Crippen molar-refractivity contribution in [1.82, 2.24) is 0 Å². The van der Waals surface area contributed by atoms with Crippen LogP contribution in [0.15, 0.2) is 18.2 Å². The highest BCUT2D eigenvalue weighted by atomic mass is 16.3. The Labute approximate surface area is 70.2 Å². The first-order chi connectivity index (χ1) is 5.81. The molecular weight excluding hydrogens is 154 g/mol. The van der Waals surface area contributed by atoms with E-state index in [0.29, 0.717) is 16.8 Å². The molecule has 0 aromatic heterocycles. The standard InChI is InChI=1S/C8H9N3O/c9-4-6-1-2-7(5-12)8(3-6)11-10/h1-3,11-12H,5,10H2. The van der Waals surface area contributed by atoms with E-state index in [9.17, 15) is 0 Å². The Morgan fingerprint density at radius 1 is 1.58 bits per heavy atom. The number of nitrogens with one attached hydrogen (secondary N) is 1. The van der Waals surface area contributed by atoms with Crippen LogP contribution in [0.25, 0.3) is 0 Å². The fourth-order valence-corrected chi connectivity index (χ4v) is 0.918. The van der Waals surface area contributed by atoms with E-state index in [0.717, 1.165) is 0 Å². The molecule has 0 fully saturated rings. The molecule has 4 nitrogen and oxygen atoms in total. The summed E-state index contributed by atoms with van der Waals surface area (Å²) in [5, 5.41) is 17.4. The van der Waals surface area contributed by atoms with Crippen molar-refractivity contribution in [3.8, 4) is 6.07 Å². The Balaban J connectivity index is 3.13. The van der Waals surface area contributed by atoms with Gasteiger partial charge in [-0.15, -0.1) is 0 Å². The van der Waals surface area contributed by atoms with Crippen LogP contribution in [-0.2, 0) is 6.61 Å². The third-order valence-electron chi connectivity index (χ3n) is 1.56.